The number of carbonyl (C=O) groups is 3. The first-order valence-corrected chi connectivity index (χ1v) is 12.9. The summed E-state index contributed by atoms with van der Waals surface area (Å²) in [7, 11) is 1.67. The Labute approximate surface area is 209 Å². The van der Waals surface area contributed by atoms with E-state index in [4.69, 9.17) is 0 Å². The Morgan fingerprint density at radius 3 is 2.00 bits per heavy atom. The van der Waals surface area contributed by atoms with Gasteiger partial charge in [-0.25, -0.2) is 4.79 Å². The van der Waals surface area contributed by atoms with E-state index in [9.17, 15) is 19.5 Å². The molecule has 6 nitrogen and oxygen atoms in total. The zero-order chi connectivity index (χ0) is 26.4. The van der Waals surface area contributed by atoms with Gasteiger partial charge in [0.1, 0.15) is 6.04 Å². The molecule has 0 saturated carbocycles. The molecule has 190 valence electrons. The molecular weight excluding hydrogens is 448 g/mol. The number of nitrogens with one attached hydrogen (secondary N) is 1. The molecule has 34 heavy (non-hydrogen) atoms. The van der Waals surface area contributed by atoms with Gasteiger partial charge in [0.2, 0.25) is 11.8 Å². The molecule has 1 aromatic carbocycles. The monoisotopic (exact) mass is 490 g/mol. The highest BCUT2D eigenvalue weighted by Crippen LogP contribution is 2.34. The maximum atomic E-state index is 13.7. The van der Waals surface area contributed by atoms with E-state index in [1.54, 1.807) is 18.0 Å². The highest BCUT2D eigenvalue weighted by atomic mass is 32.2. The number of thioether (sulfide) groups is 1. The van der Waals surface area contributed by atoms with E-state index >= 15 is 0 Å². The standard InChI is InChI=1S/C27H42N2O4S/c1-17(2)20(16-18(3)25(32)33)29(9)24(31)21(26(4,5)6)28-23(30)22(34-10)27(7,8)19-14-12-11-13-15-19/h11-17,20-22H,1-10H3,(H,28,30)(H,32,33)/t20-,21-,22-/m1/s1. The number of likely N-dealkylation sites (N-methyl/N-ethyl adjacent to an activating group) is 1. The lowest BCUT2D eigenvalue weighted by Crippen LogP contribution is -2.59. The van der Waals surface area contributed by atoms with E-state index in [1.165, 1.54) is 18.7 Å². The number of carbonyl (C=O) groups excluding carboxylic acids is 2. The average molecular weight is 491 g/mol. The molecule has 0 aliphatic rings. The van der Waals surface area contributed by atoms with Crippen LogP contribution in [0.15, 0.2) is 42.0 Å². The highest BCUT2D eigenvalue weighted by Gasteiger charge is 2.41. The second-order valence-electron chi connectivity index (χ2n) is 10.8. The number of carboxylic acid groups (broad SMARTS) is 1. The summed E-state index contributed by atoms with van der Waals surface area (Å²) < 4.78 is 0. The maximum Gasteiger partial charge on any atom is 0.331 e. The predicted molar refractivity (Wildman–Crippen MR) is 141 cm³/mol. The number of hydrogen-bond acceptors (Lipinski definition) is 4. The van der Waals surface area contributed by atoms with Gasteiger partial charge < -0.3 is 15.3 Å². The number of nitrogens with zero attached hydrogens (tertiary/aromatic N) is 1. The summed E-state index contributed by atoms with van der Waals surface area (Å²) in [6.45, 7) is 15.2. The summed E-state index contributed by atoms with van der Waals surface area (Å²) in [6, 6.07) is 8.71. The molecule has 0 aliphatic heterocycles. The van der Waals surface area contributed by atoms with E-state index in [2.05, 4.69) is 5.32 Å². The molecule has 0 fully saturated rings. The van der Waals surface area contributed by atoms with Crippen LogP contribution >= 0.6 is 11.8 Å². The second kappa shape index (κ2) is 11.9. The predicted octanol–water partition coefficient (Wildman–Crippen LogP) is 4.74. The Morgan fingerprint density at radius 2 is 1.59 bits per heavy atom. The highest BCUT2D eigenvalue weighted by molar-refractivity contribution is 8.00. The zero-order valence-corrected chi connectivity index (χ0v) is 23.1. The van der Waals surface area contributed by atoms with Gasteiger partial charge in [0.25, 0.3) is 0 Å². The quantitative estimate of drug-likeness (QED) is 0.463. The van der Waals surface area contributed by atoms with Crippen LogP contribution in [0.3, 0.4) is 0 Å². The Morgan fingerprint density at radius 1 is 1.06 bits per heavy atom. The smallest absolute Gasteiger partial charge is 0.331 e. The first-order chi connectivity index (χ1) is 15.5. The summed E-state index contributed by atoms with van der Waals surface area (Å²) >= 11 is 1.46. The van der Waals surface area contributed by atoms with Crippen molar-refractivity contribution >= 4 is 29.5 Å². The number of carboxylic acids is 1. The molecule has 0 radical (unpaired) electrons. The molecule has 0 heterocycles. The van der Waals surface area contributed by atoms with E-state index in [1.807, 2.05) is 85.1 Å². The number of aliphatic carboxylic acids is 1. The van der Waals surface area contributed by atoms with Gasteiger partial charge in [0.15, 0.2) is 0 Å². The second-order valence-corrected chi connectivity index (χ2v) is 11.8. The fraction of sp³-hybridized carbons (Fsp3) is 0.593. The molecule has 0 aromatic heterocycles. The zero-order valence-electron chi connectivity index (χ0n) is 22.3. The van der Waals surface area contributed by atoms with Crippen molar-refractivity contribution in [2.45, 2.75) is 78.1 Å². The van der Waals surface area contributed by atoms with E-state index in [-0.39, 0.29) is 23.3 Å². The number of amides is 2. The molecular formula is C27H42N2O4S. The molecule has 1 rings (SSSR count). The van der Waals surface area contributed by atoms with Crippen LogP contribution in [0, 0.1) is 11.3 Å². The van der Waals surface area contributed by atoms with Gasteiger partial charge in [0.05, 0.1) is 11.3 Å². The van der Waals surface area contributed by atoms with Crippen LogP contribution < -0.4 is 5.32 Å². The van der Waals surface area contributed by atoms with E-state index in [0.29, 0.717) is 0 Å². The number of rotatable bonds is 10. The van der Waals surface area contributed by atoms with Crippen LogP contribution in [0.1, 0.15) is 61.0 Å². The normalized spacial score (nSPS) is 15.4. The largest absolute Gasteiger partial charge is 0.478 e. The summed E-state index contributed by atoms with van der Waals surface area (Å²) in [6.07, 6.45) is 3.51. The molecule has 2 amide bonds. The van der Waals surface area contributed by atoms with Crippen molar-refractivity contribution in [3.63, 3.8) is 0 Å². The summed E-state index contributed by atoms with van der Waals surface area (Å²) in [5.41, 5.74) is 0.230. The molecule has 0 spiro atoms. The molecule has 0 aliphatic carbocycles. The Balaban J connectivity index is 3.29. The number of hydrogen-bond donors (Lipinski definition) is 2. The van der Waals surface area contributed by atoms with Gasteiger partial charge >= 0.3 is 5.97 Å². The van der Waals surface area contributed by atoms with Crippen molar-refractivity contribution < 1.29 is 19.5 Å². The van der Waals surface area contributed by atoms with Crippen molar-refractivity contribution in [1.29, 1.82) is 0 Å². The third kappa shape index (κ3) is 7.36. The maximum absolute atomic E-state index is 13.7. The van der Waals surface area contributed by atoms with Crippen LogP contribution in [0.2, 0.25) is 0 Å². The van der Waals surface area contributed by atoms with Crippen molar-refractivity contribution in [1.82, 2.24) is 10.2 Å². The SMILES string of the molecule is CS[C@H](C(=O)N[C@H](C(=O)N(C)[C@H](C=C(C)C(=O)O)C(C)C)C(C)(C)C)C(C)(C)c1ccccc1. The van der Waals surface area contributed by atoms with Gasteiger partial charge in [-0.3, -0.25) is 9.59 Å². The lowest BCUT2D eigenvalue weighted by molar-refractivity contribution is -0.140. The van der Waals surface area contributed by atoms with Crippen LogP contribution in [-0.4, -0.2) is 58.4 Å². The Kier molecular flexibility index (Phi) is 10.4. The minimum absolute atomic E-state index is 0.00414. The molecule has 7 heteroatoms. The van der Waals surface area contributed by atoms with Gasteiger partial charge in [-0.1, -0.05) is 84.9 Å². The summed E-state index contributed by atoms with van der Waals surface area (Å²) in [5, 5.41) is 12.0. The van der Waals surface area contributed by atoms with Crippen LogP contribution in [0.4, 0.5) is 0 Å². The first-order valence-electron chi connectivity index (χ1n) is 11.6. The molecule has 1 aromatic rings. The molecule has 3 atom stereocenters. The molecule has 0 saturated heterocycles. The fourth-order valence-corrected chi connectivity index (χ4v) is 5.05. The third-order valence-electron chi connectivity index (χ3n) is 6.28. The first kappa shape index (κ1) is 29.8. The van der Waals surface area contributed by atoms with Gasteiger partial charge in [0, 0.05) is 18.0 Å². The molecule has 0 unspecified atom stereocenters. The lowest BCUT2D eigenvalue weighted by atomic mass is 9.80. The van der Waals surface area contributed by atoms with Gasteiger partial charge in [-0.2, -0.15) is 11.8 Å². The van der Waals surface area contributed by atoms with Crippen molar-refractivity contribution in [2.75, 3.05) is 13.3 Å². The minimum atomic E-state index is -1.02. The molecule has 0 bridgehead atoms. The minimum Gasteiger partial charge on any atom is -0.478 e. The number of benzene rings is 1. The Hall–Kier alpha value is -2.28. The molecule has 2 N–H and O–H groups in total. The summed E-state index contributed by atoms with van der Waals surface area (Å²) in [5.74, 6) is -1.46. The third-order valence-corrected chi connectivity index (χ3v) is 7.56. The van der Waals surface area contributed by atoms with E-state index in [0.717, 1.165) is 5.56 Å². The lowest BCUT2D eigenvalue weighted by Gasteiger charge is -2.39. The van der Waals surface area contributed by atoms with Crippen LogP contribution in [0.25, 0.3) is 0 Å². The van der Waals surface area contributed by atoms with Crippen LogP contribution in [-0.2, 0) is 19.8 Å². The van der Waals surface area contributed by atoms with Crippen molar-refractivity contribution in [3.05, 3.63) is 47.5 Å². The van der Waals surface area contributed by atoms with Gasteiger partial charge in [-0.05, 0) is 30.1 Å². The Bertz CT molecular complexity index is 888. The van der Waals surface area contributed by atoms with E-state index < -0.39 is 34.1 Å². The van der Waals surface area contributed by atoms with Crippen molar-refractivity contribution in [2.24, 2.45) is 11.3 Å². The van der Waals surface area contributed by atoms with Crippen molar-refractivity contribution in [3.8, 4) is 0 Å². The summed E-state index contributed by atoms with van der Waals surface area (Å²) in [4.78, 5) is 40.2. The van der Waals surface area contributed by atoms with Crippen LogP contribution in [0.5, 0.6) is 0 Å². The topological polar surface area (TPSA) is 86.7 Å². The van der Waals surface area contributed by atoms with Gasteiger partial charge in [-0.15, -0.1) is 0 Å². The fourth-order valence-electron chi connectivity index (χ4n) is 4.04. The average Bonchev–Trinajstić information content (AvgIpc) is 2.74.